The zero-order valence-corrected chi connectivity index (χ0v) is 16.2. The Morgan fingerprint density at radius 2 is 1.96 bits per heavy atom. The lowest BCUT2D eigenvalue weighted by molar-refractivity contribution is -0.129. The number of amides is 1. The summed E-state index contributed by atoms with van der Waals surface area (Å²) in [6.07, 6.45) is 6.45. The molecule has 0 spiro atoms. The largest absolute Gasteiger partial charge is 0.354 e. The minimum atomic E-state index is -1.38. The zero-order chi connectivity index (χ0) is 19.2. The average Bonchev–Trinajstić information content (AvgIpc) is 3.38. The molecule has 2 aromatic heterocycles. The van der Waals surface area contributed by atoms with Crippen molar-refractivity contribution in [2.75, 3.05) is 24.5 Å². The molecule has 2 fully saturated rings. The molecule has 27 heavy (non-hydrogen) atoms. The third-order valence-corrected chi connectivity index (χ3v) is 5.49. The van der Waals surface area contributed by atoms with Gasteiger partial charge in [-0.05, 0) is 12.8 Å². The minimum Gasteiger partial charge on any atom is -0.354 e. The molecule has 0 atom stereocenters. The third kappa shape index (κ3) is 3.61. The number of anilines is 1. The predicted octanol–water partition coefficient (Wildman–Crippen LogP) is 2.63. The normalized spacial score (nSPS) is 20.1. The molecule has 0 aromatic carbocycles. The Bertz CT molecular complexity index is 845. The van der Waals surface area contributed by atoms with E-state index in [0.29, 0.717) is 32.0 Å². The Morgan fingerprint density at radius 1 is 1.26 bits per heavy atom. The van der Waals surface area contributed by atoms with Gasteiger partial charge in [-0.3, -0.25) is 4.79 Å². The summed E-state index contributed by atoms with van der Waals surface area (Å²) in [5.74, 6) is 0.658. The van der Waals surface area contributed by atoms with Crippen molar-refractivity contribution < 1.29 is 9.18 Å². The van der Waals surface area contributed by atoms with E-state index in [0.717, 1.165) is 17.0 Å². The Morgan fingerprint density at radius 3 is 2.59 bits per heavy atom. The lowest BCUT2D eigenvalue weighted by Crippen LogP contribution is -2.50. The number of hydrogen-bond donors (Lipinski definition) is 1. The van der Waals surface area contributed by atoms with E-state index < -0.39 is 11.1 Å². The molecule has 1 saturated heterocycles. The van der Waals surface area contributed by atoms with Gasteiger partial charge in [0.2, 0.25) is 5.91 Å². The van der Waals surface area contributed by atoms with Gasteiger partial charge in [-0.1, -0.05) is 20.8 Å². The highest BCUT2D eigenvalue weighted by atomic mass is 19.1. The van der Waals surface area contributed by atoms with E-state index in [4.69, 9.17) is 0 Å². The van der Waals surface area contributed by atoms with Crippen LogP contribution in [0.4, 0.5) is 10.2 Å². The molecule has 7 nitrogen and oxygen atoms in total. The Labute approximate surface area is 158 Å². The summed E-state index contributed by atoms with van der Waals surface area (Å²) in [5.41, 5.74) is -0.241. The number of piperidine rings is 1. The topological polar surface area (TPSA) is 75.9 Å². The van der Waals surface area contributed by atoms with Gasteiger partial charge >= 0.3 is 0 Å². The molecule has 8 heteroatoms. The molecule has 1 aliphatic heterocycles. The summed E-state index contributed by atoms with van der Waals surface area (Å²) in [7, 11) is 0. The molecule has 1 saturated carbocycles. The first kappa shape index (κ1) is 18.1. The molecule has 0 bridgehead atoms. The van der Waals surface area contributed by atoms with Crippen molar-refractivity contribution in [2.45, 2.75) is 58.2 Å². The van der Waals surface area contributed by atoms with E-state index in [1.165, 1.54) is 12.8 Å². The van der Waals surface area contributed by atoms with E-state index in [2.05, 4.69) is 29.7 Å². The molecule has 1 amide bonds. The molecule has 1 N–H and O–H groups in total. The van der Waals surface area contributed by atoms with Crippen molar-refractivity contribution in [1.82, 2.24) is 24.8 Å². The lowest BCUT2D eigenvalue weighted by atomic mass is 9.91. The van der Waals surface area contributed by atoms with Crippen LogP contribution in [0.1, 0.15) is 52.5 Å². The highest BCUT2D eigenvalue weighted by molar-refractivity contribution is 5.83. The molecular formula is C19H27FN6O. The highest BCUT2D eigenvalue weighted by Crippen LogP contribution is 2.38. The van der Waals surface area contributed by atoms with Crippen molar-refractivity contribution in [1.29, 1.82) is 0 Å². The van der Waals surface area contributed by atoms with Gasteiger partial charge in [-0.25, -0.2) is 19.3 Å². The van der Waals surface area contributed by atoms with Gasteiger partial charge in [0.15, 0.2) is 17.0 Å². The maximum Gasteiger partial charge on any atom is 0.225 e. The Kier molecular flexibility index (Phi) is 4.31. The second-order valence-corrected chi connectivity index (χ2v) is 8.82. The van der Waals surface area contributed by atoms with Crippen LogP contribution < -0.4 is 10.2 Å². The fourth-order valence-corrected chi connectivity index (χ4v) is 3.49. The number of carbonyl (C=O) groups excluding carboxylic acids is 1. The molecule has 4 rings (SSSR count). The van der Waals surface area contributed by atoms with E-state index in [1.807, 2.05) is 27.1 Å². The van der Waals surface area contributed by atoms with Crippen LogP contribution in [0.2, 0.25) is 0 Å². The maximum absolute atomic E-state index is 15.1. The van der Waals surface area contributed by atoms with Crippen molar-refractivity contribution in [3.63, 3.8) is 0 Å². The van der Waals surface area contributed by atoms with Crippen LogP contribution in [0.25, 0.3) is 11.2 Å². The van der Waals surface area contributed by atoms with Crippen LogP contribution in [0.3, 0.4) is 0 Å². The number of rotatable bonds is 4. The number of nitrogens with zero attached hydrogens (tertiary/aromatic N) is 5. The number of halogens is 1. The number of nitrogens with one attached hydrogen (secondary N) is 1. The fraction of sp³-hybridized carbons (Fsp3) is 0.684. The molecule has 1 aliphatic carbocycles. The standard InChI is InChI=1S/C19H27FN6O/c1-18(2,3)17(27)21-10-19(20)6-8-25(9-7-19)15-14-16(23-11-22-15)26(12-24-14)13-4-5-13/h11-13H,4-10H2,1-3H3,(H,21,27). The van der Waals surface area contributed by atoms with Gasteiger partial charge in [0.05, 0.1) is 12.9 Å². The third-order valence-electron chi connectivity index (χ3n) is 5.49. The van der Waals surface area contributed by atoms with Gasteiger partial charge in [-0.15, -0.1) is 0 Å². The number of alkyl halides is 1. The van der Waals surface area contributed by atoms with Crippen molar-refractivity contribution >= 4 is 22.9 Å². The van der Waals surface area contributed by atoms with Crippen molar-refractivity contribution in [2.24, 2.45) is 5.41 Å². The summed E-state index contributed by atoms with van der Waals surface area (Å²) >= 11 is 0. The van der Waals surface area contributed by atoms with E-state index in [-0.39, 0.29) is 12.5 Å². The minimum absolute atomic E-state index is 0.0619. The summed E-state index contributed by atoms with van der Waals surface area (Å²) < 4.78 is 17.3. The molecular weight excluding hydrogens is 347 g/mol. The summed E-state index contributed by atoms with van der Waals surface area (Å²) in [6.45, 7) is 6.64. The van der Waals surface area contributed by atoms with Crippen LogP contribution in [0.15, 0.2) is 12.7 Å². The number of aromatic nitrogens is 4. The average molecular weight is 374 g/mol. The second-order valence-electron chi connectivity index (χ2n) is 8.82. The van der Waals surface area contributed by atoms with Gasteiger partial charge < -0.3 is 14.8 Å². The first-order valence-electron chi connectivity index (χ1n) is 9.67. The summed E-state index contributed by atoms with van der Waals surface area (Å²) in [5, 5.41) is 2.77. The summed E-state index contributed by atoms with van der Waals surface area (Å²) in [4.78, 5) is 27.5. The number of fused-ring (bicyclic) bond motifs is 1. The molecule has 146 valence electrons. The molecule has 3 heterocycles. The van der Waals surface area contributed by atoms with Crippen LogP contribution in [0.5, 0.6) is 0 Å². The number of imidazole rings is 1. The first-order valence-corrected chi connectivity index (χ1v) is 9.67. The molecule has 0 unspecified atom stereocenters. The molecule has 2 aromatic rings. The maximum atomic E-state index is 15.1. The lowest BCUT2D eigenvalue weighted by Gasteiger charge is -2.37. The monoisotopic (exact) mass is 374 g/mol. The van der Waals surface area contributed by atoms with E-state index in [9.17, 15) is 4.79 Å². The first-order chi connectivity index (χ1) is 12.8. The van der Waals surface area contributed by atoms with E-state index in [1.54, 1.807) is 6.33 Å². The van der Waals surface area contributed by atoms with Gasteiger partial charge in [0.1, 0.15) is 12.0 Å². The quantitative estimate of drug-likeness (QED) is 0.890. The van der Waals surface area contributed by atoms with Crippen LogP contribution in [0, 0.1) is 5.41 Å². The number of carbonyl (C=O) groups is 1. The zero-order valence-electron chi connectivity index (χ0n) is 16.2. The second kappa shape index (κ2) is 6.42. The van der Waals surface area contributed by atoms with Crippen LogP contribution in [-0.2, 0) is 4.79 Å². The van der Waals surface area contributed by atoms with Gasteiger partial charge in [0, 0.05) is 37.4 Å². The van der Waals surface area contributed by atoms with Gasteiger partial charge in [0.25, 0.3) is 0 Å². The highest BCUT2D eigenvalue weighted by Gasteiger charge is 2.37. The smallest absolute Gasteiger partial charge is 0.225 e. The van der Waals surface area contributed by atoms with Crippen molar-refractivity contribution in [3.8, 4) is 0 Å². The van der Waals surface area contributed by atoms with Crippen molar-refractivity contribution in [3.05, 3.63) is 12.7 Å². The predicted molar refractivity (Wildman–Crippen MR) is 101 cm³/mol. The van der Waals surface area contributed by atoms with Crippen LogP contribution >= 0.6 is 0 Å². The SMILES string of the molecule is CC(C)(C)C(=O)NCC1(F)CCN(c2ncnc3c2ncn3C2CC2)CC1. The van der Waals surface area contributed by atoms with Crippen LogP contribution in [-0.4, -0.2) is 50.7 Å². The fourth-order valence-electron chi connectivity index (χ4n) is 3.49. The van der Waals surface area contributed by atoms with E-state index >= 15 is 4.39 Å². The Hall–Kier alpha value is -2.25. The molecule has 0 radical (unpaired) electrons. The van der Waals surface area contributed by atoms with Gasteiger partial charge in [-0.2, -0.15) is 0 Å². The molecule has 2 aliphatic rings. The number of hydrogen-bond acceptors (Lipinski definition) is 5. The Balaban J connectivity index is 1.43. The summed E-state index contributed by atoms with van der Waals surface area (Å²) in [6, 6.07) is 0.504.